The van der Waals surface area contributed by atoms with Crippen molar-refractivity contribution in [3.63, 3.8) is 0 Å². The van der Waals surface area contributed by atoms with Gasteiger partial charge in [-0.15, -0.1) is 0 Å². The topological polar surface area (TPSA) is 66.5 Å². The number of aryl methyl sites for hydroxylation is 2. The molecule has 0 unspecified atom stereocenters. The number of sulfonamides is 1. The second kappa shape index (κ2) is 8.45. The highest BCUT2D eigenvalue weighted by molar-refractivity contribution is 7.89. The van der Waals surface area contributed by atoms with Gasteiger partial charge in [0.05, 0.1) is 4.90 Å². The Hall–Kier alpha value is -2.18. The van der Waals surface area contributed by atoms with Crippen molar-refractivity contribution in [1.82, 2.24) is 4.31 Å². The third-order valence-electron chi connectivity index (χ3n) is 5.49. The van der Waals surface area contributed by atoms with Crippen LogP contribution < -0.4 is 5.32 Å². The van der Waals surface area contributed by atoms with Gasteiger partial charge in [0.1, 0.15) is 0 Å². The fraction of sp³-hybridized carbons (Fsp3) is 0.409. The zero-order valence-electron chi connectivity index (χ0n) is 16.8. The number of benzene rings is 2. The summed E-state index contributed by atoms with van der Waals surface area (Å²) in [5.74, 6) is -0.305. The van der Waals surface area contributed by atoms with E-state index in [1.165, 1.54) is 6.07 Å². The van der Waals surface area contributed by atoms with Gasteiger partial charge in [0.15, 0.2) is 0 Å². The Morgan fingerprint density at radius 2 is 1.61 bits per heavy atom. The van der Waals surface area contributed by atoms with Gasteiger partial charge in [-0.1, -0.05) is 31.0 Å². The van der Waals surface area contributed by atoms with Gasteiger partial charge in [-0.3, -0.25) is 4.79 Å². The molecule has 0 saturated carbocycles. The van der Waals surface area contributed by atoms with Crippen LogP contribution in [-0.2, 0) is 10.0 Å². The second-order valence-electron chi connectivity index (χ2n) is 7.50. The highest BCUT2D eigenvalue weighted by Crippen LogP contribution is 2.25. The van der Waals surface area contributed by atoms with Crippen LogP contribution >= 0.6 is 0 Å². The van der Waals surface area contributed by atoms with Crippen molar-refractivity contribution < 1.29 is 13.2 Å². The van der Waals surface area contributed by atoms with Crippen LogP contribution in [0.1, 0.15) is 52.7 Å². The molecule has 1 aliphatic rings. The average Bonchev–Trinajstić information content (AvgIpc) is 2.95. The summed E-state index contributed by atoms with van der Waals surface area (Å²) in [6.45, 7) is 6.80. The van der Waals surface area contributed by atoms with E-state index in [1.54, 1.807) is 23.4 Å². The lowest BCUT2D eigenvalue weighted by Gasteiger charge is -2.21. The molecule has 0 bridgehead atoms. The lowest BCUT2D eigenvalue weighted by atomic mass is 10.1. The Bertz CT molecular complexity index is 975. The summed E-state index contributed by atoms with van der Waals surface area (Å²) in [6.07, 6.45) is 3.88. The molecule has 6 heteroatoms. The number of carbonyl (C=O) groups is 1. The monoisotopic (exact) mass is 400 g/mol. The summed E-state index contributed by atoms with van der Waals surface area (Å²) >= 11 is 0. The molecule has 2 aromatic carbocycles. The summed E-state index contributed by atoms with van der Waals surface area (Å²) < 4.78 is 27.9. The smallest absolute Gasteiger partial charge is 0.255 e. The van der Waals surface area contributed by atoms with Crippen molar-refractivity contribution in [2.24, 2.45) is 0 Å². The zero-order chi connectivity index (χ0) is 20.3. The molecule has 1 fully saturated rings. The summed E-state index contributed by atoms with van der Waals surface area (Å²) in [5.41, 5.74) is 3.83. The number of anilines is 1. The fourth-order valence-corrected chi connectivity index (χ4v) is 5.29. The lowest BCUT2D eigenvalue weighted by molar-refractivity contribution is 0.102. The van der Waals surface area contributed by atoms with Crippen LogP contribution in [0, 0.1) is 20.8 Å². The molecule has 1 amide bonds. The Kier molecular flexibility index (Phi) is 6.20. The molecular formula is C22H28N2O3S. The molecule has 0 atom stereocenters. The Balaban J connectivity index is 1.90. The normalized spacial score (nSPS) is 15.8. The van der Waals surface area contributed by atoms with E-state index in [0.717, 1.165) is 42.5 Å². The third kappa shape index (κ3) is 4.28. The summed E-state index contributed by atoms with van der Waals surface area (Å²) in [7, 11) is -3.61. The van der Waals surface area contributed by atoms with Crippen LogP contribution in [0.3, 0.4) is 0 Å². The minimum Gasteiger partial charge on any atom is -0.322 e. The first-order chi connectivity index (χ1) is 13.3. The van der Waals surface area contributed by atoms with Gasteiger partial charge < -0.3 is 5.32 Å². The number of amides is 1. The van der Waals surface area contributed by atoms with Crippen molar-refractivity contribution in [2.75, 3.05) is 18.4 Å². The second-order valence-corrected chi connectivity index (χ2v) is 9.41. The third-order valence-corrected chi connectivity index (χ3v) is 7.53. The average molecular weight is 401 g/mol. The SMILES string of the molecule is Cc1ccc(C(=O)Nc2cccc(C)c2C)cc1S(=O)(=O)N1CCCCCC1. The summed E-state index contributed by atoms with van der Waals surface area (Å²) in [4.78, 5) is 13.0. The molecule has 1 heterocycles. The molecule has 0 aliphatic carbocycles. The minimum absolute atomic E-state index is 0.225. The molecule has 28 heavy (non-hydrogen) atoms. The van der Waals surface area contributed by atoms with Crippen molar-refractivity contribution in [3.05, 3.63) is 58.7 Å². The molecule has 0 aromatic heterocycles. The molecule has 1 aliphatic heterocycles. The van der Waals surface area contributed by atoms with Crippen LogP contribution in [0.15, 0.2) is 41.3 Å². The summed E-state index contributed by atoms with van der Waals surface area (Å²) in [5, 5.41) is 2.91. The number of hydrogen-bond donors (Lipinski definition) is 1. The maximum atomic E-state index is 13.2. The van der Waals surface area contributed by atoms with Gasteiger partial charge >= 0.3 is 0 Å². The van der Waals surface area contributed by atoms with Gasteiger partial charge in [-0.25, -0.2) is 8.42 Å². The quantitative estimate of drug-likeness (QED) is 0.826. The summed E-state index contributed by atoms with van der Waals surface area (Å²) in [6, 6.07) is 10.6. The van der Waals surface area contributed by atoms with E-state index in [0.29, 0.717) is 24.2 Å². The van der Waals surface area contributed by atoms with Crippen LogP contribution in [0.25, 0.3) is 0 Å². The highest BCUT2D eigenvalue weighted by atomic mass is 32.2. The van der Waals surface area contributed by atoms with Crippen LogP contribution in [0.5, 0.6) is 0 Å². The molecule has 1 saturated heterocycles. The zero-order valence-corrected chi connectivity index (χ0v) is 17.6. The van der Waals surface area contributed by atoms with Gasteiger partial charge in [0.25, 0.3) is 5.91 Å². The van der Waals surface area contributed by atoms with Crippen molar-refractivity contribution in [1.29, 1.82) is 0 Å². The number of carbonyl (C=O) groups excluding carboxylic acids is 1. The molecule has 0 radical (unpaired) electrons. The highest BCUT2D eigenvalue weighted by Gasteiger charge is 2.27. The van der Waals surface area contributed by atoms with Crippen molar-refractivity contribution in [2.45, 2.75) is 51.3 Å². The number of hydrogen-bond acceptors (Lipinski definition) is 3. The maximum Gasteiger partial charge on any atom is 0.255 e. The molecule has 5 nitrogen and oxygen atoms in total. The van der Waals surface area contributed by atoms with E-state index in [-0.39, 0.29) is 10.8 Å². The molecule has 3 rings (SSSR count). The van der Waals surface area contributed by atoms with E-state index in [4.69, 9.17) is 0 Å². The van der Waals surface area contributed by atoms with E-state index < -0.39 is 10.0 Å². The molecule has 150 valence electrons. The number of nitrogens with one attached hydrogen (secondary N) is 1. The first-order valence-corrected chi connectivity index (χ1v) is 11.2. The Labute approximate surface area is 167 Å². The van der Waals surface area contributed by atoms with Crippen molar-refractivity contribution >= 4 is 21.6 Å². The molecule has 1 N–H and O–H groups in total. The van der Waals surface area contributed by atoms with Gasteiger partial charge in [0, 0.05) is 24.3 Å². The lowest BCUT2D eigenvalue weighted by Crippen LogP contribution is -2.32. The van der Waals surface area contributed by atoms with E-state index in [2.05, 4.69) is 5.32 Å². The number of rotatable bonds is 4. The van der Waals surface area contributed by atoms with E-state index in [9.17, 15) is 13.2 Å². The molecule has 0 spiro atoms. The van der Waals surface area contributed by atoms with E-state index >= 15 is 0 Å². The minimum atomic E-state index is -3.61. The predicted octanol–water partition coefficient (Wildman–Crippen LogP) is 4.43. The van der Waals surface area contributed by atoms with Gasteiger partial charge in [-0.05, 0) is 68.5 Å². The fourth-order valence-electron chi connectivity index (χ4n) is 3.52. The standard InChI is InChI=1S/C22H28N2O3S/c1-16-9-8-10-20(18(16)3)23-22(25)19-12-11-17(2)21(15-19)28(26,27)24-13-6-4-5-7-14-24/h8-12,15H,4-7,13-14H2,1-3H3,(H,23,25). The first-order valence-electron chi connectivity index (χ1n) is 9.79. The van der Waals surface area contributed by atoms with Crippen LogP contribution in [0.2, 0.25) is 0 Å². The predicted molar refractivity (Wildman–Crippen MR) is 112 cm³/mol. The largest absolute Gasteiger partial charge is 0.322 e. The van der Waals surface area contributed by atoms with Crippen molar-refractivity contribution in [3.8, 4) is 0 Å². The van der Waals surface area contributed by atoms with Crippen LogP contribution in [-0.4, -0.2) is 31.7 Å². The van der Waals surface area contributed by atoms with Crippen LogP contribution in [0.4, 0.5) is 5.69 Å². The van der Waals surface area contributed by atoms with Gasteiger partial charge in [0.2, 0.25) is 10.0 Å². The molecule has 2 aromatic rings. The first kappa shape index (κ1) is 20.6. The maximum absolute atomic E-state index is 13.2. The Morgan fingerprint density at radius 1 is 0.929 bits per heavy atom. The Morgan fingerprint density at radius 3 is 2.29 bits per heavy atom. The number of nitrogens with zero attached hydrogens (tertiary/aromatic N) is 1. The van der Waals surface area contributed by atoms with E-state index in [1.807, 2.05) is 32.0 Å². The van der Waals surface area contributed by atoms with Gasteiger partial charge in [-0.2, -0.15) is 4.31 Å². The molecular weight excluding hydrogens is 372 g/mol.